The number of ether oxygens (including phenoxy) is 1. The molecular formula is C22H26N6O3. The average Bonchev–Trinajstić information content (AvgIpc) is 3.22. The van der Waals surface area contributed by atoms with Crippen LogP contribution in [0.3, 0.4) is 0 Å². The Morgan fingerprint density at radius 2 is 1.81 bits per heavy atom. The summed E-state index contributed by atoms with van der Waals surface area (Å²) in [4.78, 5) is 32.8. The largest absolute Gasteiger partial charge is 0.457 e. The Labute approximate surface area is 180 Å². The van der Waals surface area contributed by atoms with Crippen LogP contribution < -0.4 is 15.4 Å². The second-order valence-corrected chi connectivity index (χ2v) is 7.29. The van der Waals surface area contributed by atoms with Crippen LogP contribution in [0.25, 0.3) is 10.9 Å². The van der Waals surface area contributed by atoms with Crippen LogP contribution in [0, 0.1) is 0 Å². The Morgan fingerprint density at radius 1 is 1.03 bits per heavy atom. The third-order valence-electron chi connectivity index (χ3n) is 5.40. The number of carbonyl (C=O) groups is 2. The van der Waals surface area contributed by atoms with Crippen molar-refractivity contribution in [1.82, 2.24) is 24.7 Å². The number of anilines is 1. The number of aromatic nitrogens is 2. The van der Waals surface area contributed by atoms with Crippen LogP contribution in [-0.2, 0) is 0 Å². The maximum absolute atomic E-state index is 12.5. The molecule has 9 heteroatoms. The summed E-state index contributed by atoms with van der Waals surface area (Å²) in [5.74, 6) is 1.62. The number of benzene rings is 1. The summed E-state index contributed by atoms with van der Waals surface area (Å²) in [6.45, 7) is 6.28. The zero-order chi connectivity index (χ0) is 21.8. The Morgan fingerprint density at radius 3 is 2.55 bits per heavy atom. The molecule has 0 unspecified atom stereocenters. The smallest absolute Gasteiger partial charge is 0.325 e. The van der Waals surface area contributed by atoms with Crippen molar-refractivity contribution in [3.8, 4) is 11.5 Å². The number of nitrogens with one attached hydrogen (secondary N) is 2. The van der Waals surface area contributed by atoms with Crippen molar-refractivity contribution < 1.29 is 14.3 Å². The predicted molar refractivity (Wildman–Crippen MR) is 119 cm³/mol. The van der Waals surface area contributed by atoms with E-state index in [1.54, 1.807) is 47.1 Å². The van der Waals surface area contributed by atoms with Crippen LogP contribution in [0.1, 0.15) is 6.92 Å². The molecule has 3 amide bonds. The molecule has 4 rings (SSSR count). The van der Waals surface area contributed by atoms with Crippen molar-refractivity contribution in [2.45, 2.75) is 6.92 Å². The Kier molecular flexibility index (Phi) is 6.03. The first-order valence-electron chi connectivity index (χ1n) is 10.3. The SMILES string of the molecule is CCN1CCN(C(=O)Nc2cc(Oc3ccc4c(ccn4C(=O)NC)c3)ccn2)CC1. The van der Waals surface area contributed by atoms with E-state index < -0.39 is 0 Å². The van der Waals surface area contributed by atoms with Gasteiger partial charge in [-0.15, -0.1) is 0 Å². The highest BCUT2D eigenvalue weighted by atomic mass is 16.5. The third kappa shape index (κ3) is 4.61. The Balaban J connectivity index is 1.43. The van der Waals surface area contributed by atoms with E-state index in [4.69, 9.17) is 4.74 Å². The van der Waals surface area contributed by atoms with Gasteiger partial charge in [-0.2, -0.15) is 0 Å². The van der Waals surface area contributed by atoms with E-state index in [1.807, 2.05) is 18.2 Å². The summed E-state index contributed by atoms with van der Waals surface area (Å²) in [6.07, 6.45) is 3.31. The number of nitrogens with zero attached hydrogens (tertiary/aromatic N) is 4. The van der Waals surface area contributed by atoms with Crippen molar-refractivity contribution in [3.05, 3.63) is 48.8 Å². The monoisotopic (exact) mass is 422 g/mol. The molecule has 3 aromatic rings. The molecule has 0 bridgehead atoms. The van der Waals surface area contributed by atoms with Crippen molar-refractivity contribution >= 4 is 28.8 Å². The number of pyridine rings is 1. The van der Waals surface area contributed by atoms with E-state index in [2.05, 4.69) is 27.4 Å². The van der Waals surface area contributed by atoms with Crippen LogP contribution in [-0.4, -0.2) is 71.2 Å². The van der Waals surface area contributed by atoms with E-state index >= 15 is 0 Å². The molecule has 2 aromatic heterocycles. The quantitative estimate of drug-likeness (QED) is 0.674. The molecule has 1 aliphatic rings. The molecule has 1 aromatic carbocycles. The van der Waals surface area contributed by atoms with E-state index in [1.165, 1.54) is 0 Å². The summed E-state index contributed by atoms with van der Waals surface area (Å²) in [7, 11) is 1.59. The summed E-state index contributed by atoms with van der Waals surface area (Å²) < 4.78 is 7.50. The first-order valence-corrected chi connectivity index (χ1v) is 10.3. The van der Waals surface area contributed by atoms with E-state index in [9.17, 15) is 9.59 Å². The number of amides is 3. The number of urea groups is 1. The molecule has 0 atom stereocenters. The van der Waals surface area contributed by atoms with Crippen LogP contribution >= 0.6 is 0 Å². The second kappa shape index (κ2) is 9.05. The molecule has 0 spiro atoms. The normalized spacial score (nSPS) is 14.5. The molecule has 0 radical (unpaired) electrons. The third-order valence-corrected chi connectivity index (χ3v) is 5.40. The summed E-state index contributed by atoms with van der Waals surface area (Å²) >= 11 is 0. The average molecular weight is 422 g/mol. The molecule has 2 N–H and O–H groups in total. The zero-order valence-electron chi connectivity index (χ0n) is 17.7. The van der Waals surface area contributed by atoms with E-state index in [0.29, 0.717) is 30.4 Å². The molecule has 0 saturated carbocycles. The fraction of sp³-hybridized carbons (Fsp3) is 0.318. The molecule has 1 saturated heterocycles. The van der Waals surface area contributed by atoms with E-state index in [0.717, 1.165) is 30.5 Å². The van der Waals surface area contributed by atoms with Gasteiger partial charge in [-0.25, -0.2) is 14.6 Å². The van der Waals surface area contributed by atoms with Gasteiger partial charge in [0.15, 0.2) is 0 Å². The van der Waals surface area contributed by atoms with Crippen LogP contribution in [0.5, 0.6) is 11.5 Å². The molecule has 9 nitrogen and oxygen atoms in total. The Hall–Kier alpha value is -3.59. The summed E-state index contributed by atoms with van der Waals surface area (Å²) in [6, 6.07) is 10.4. The van der Waals surface area contributed by atoms with Crippen molar-refractivity contribution in [2.24, 2.45) is 0 Å². The lowest BCUT2D eigenvalue weighted by atomic mass is 10.2. The van der Waals surface area contributed by atoms with Crippen LogP contribution in [0.2, 0.25) is 0 Å². The van der Waals surface area contributed by atoms with Gasteiger partial charge in [0.1, 0.15) is 17.3 Å². The number of rotatable bonds is 4. The highest BCUT2D eigenvalue weighted by molar-refractivity contribution is 5.92. The summed E-state index contributed by atoms with van der Waals surface area (Å²) in [5, 5.41) is 6.35. The van der Waals surface area contributed by atoms with Gasteiger partial charge in [-0.1, -0.05) is 6.92 Å². The number of carbonyl (C=O) groups excluding carboxylic acids is 2. The standard InChI is InChI=1S/C22H26N6O3/c1-3-26-10-12-27(13-11-26)22(30)25-20-15-18(6-8-24-20)31-17-4-5-19-16(14-17)7-9-28(19)21(29)23-2/h4-9,14-15H,3,10-13H2,1-2H3,(H,23,29)(H,24,25,30). The second-order valence-electron chi connectivity index (χ2n) is 7.29. The van der Waals surface area contributed by atoms with E-state index in [-0.39, 0.29) is 12.1 Å². The van der Waals surface area contributed by atoms with Crippen LogP contribution in [0.15, 0.2) is 48.8 Å². The van der Waals surface area contributed by atoms with Crippen molar-refractivity contribution in [2.75, 3.05) is 45.1 Å². The Bertz CT molecular complexity index is 1090. The van der Waals surface area contributed by atoms with Crippen molar-refractivity contribution in [1.29, 1.82) is 0 Å². The molecule has 162 valence electrons. The van der Waals surface area contributed by atoms with Gasteiger partial charge < -0.3 is 19.9 Å². The van der Waals surface area contributed by atoms with Gasteiger partial charge in [0.25, 0.3) is 0 Å². The molecule has 1 aliphatic heterocycles. The van der Waals surface area contributed by atoms with Crippen molar-refractivity contribution in [3.63, 3.8) is 0 Å². The minimum absolute atomic E-state index is 0.155. The molecule has 31 heavy (non-hydrogen) atoms. The fourth-order valence-electron chi connectivity index (χ4n) is 3.62. The lowest BCUT2D eigenvalue weighted by Gasteiger charge is -2.33. The van der Waals surface area contributed by atoms with Gasteiger partial charge in [-0.3, -0.25) is 9.88 Å². The fourth-order valence-corrected chi connectivity index (χ4v) is 3.62. The number of hydrogen-bond acceptors (Lipinski definition) is 5. The number of piperazine rings is 1. The highest BCUT2D eigenvalue weighted by Crippen LogP contribution is 2.27. The summed E-state index contributed by atoms with van der Waals surface area (Å²) in [5.41, 5.74) is 0.789. The maximum atomic E-state index is 12.5. The molecular weight excluding hydrogens is 396 g/mol. The van der Waals surface area contributed by atoms with Crippen LogP contribution in [0.4, 0.5) is 15.4 Å². The molecule has 0 aliphatic carbocycles. The topological polar surface area (TPSA) is 91.7 Å². The molecule has 1 fully saturated rings. The van der Waals surface area contributed by atoms with Gasteiger partial charge in [-0.05, 0) is 36.9 Å². The highest BCUT2D eigenvalue weighted by Gasteiger charge is 2.20. The first kappa shape index (κ1) is 20.7. The number of hydrogen-bond donors (Lipinski definition) is 2. The lowest BCUT2D eigenvalue weighted by Crippen LogP contribution is -2.49. The van der Waals surface area contributed by atoms with Gasteiger partial charge in [0.2, 0.25) is 0 Å². The number of likely N-dealkylation sites (N-methyl/N-ethyl adjacent to an activating group) is 1. The lowest BCUT2D eigenvalue weighted by molar-refractivity contribution is 0.151. The number of fused-ring (bicyclic) bond motifs is 1. The maximum Gasteiger partial charge on any atom is 0.325 e. The zero-order valence-corrected chi connectivity index (χ0v) is 17.7. The predicted octanol–water partition coefficient (Wildman–Crippen LogP) is 3.19. The molecule has 3 heterocycles. The first-order chi connectivity index (χ1) is 15.1. The minimum Gasteiger partial charge on any atom is -0.457 e. The van der Waals surface area contributed by atoms with Gasteiger partial charge in [0.05, 0.1) is 5.52 Å². The minimum atomic E-state index is -0.200. The van der Waals surface area contributed by atoms with Gasteiger partial charge in [0, 0.05) is 57.1 Å². The van der Waals surface area contributed by atoms with Gasteiger partial charge >= 0.3 is 12.1 Å².